The van der Waals surface area contributed by atoms with Gasteiger partial charge in [-0.2, -0.15) is 5.10 Å². The summed E-state index contributed by atoms with van der Waals surface area (Å²) in [7, 11) is 1.83. The van der Waals surface area contributed by atoms with Gasteiger partial charge in [0.15, 0.2) is 0 Å². The molecule has 108 valence electrons. The Morgan fingerprint density at radius 1 is 1.29 bits per heavy atom. The van der Waals surface area contributed by atoms with E-state index < -0.39 is 6.10 Å². The first-order chi connectivity index (χ1) is 10.1. The Balaban J connectivity index is 1.99. The fourth-order valence-electron chi connectivity index (χ4n) is 2.59. The third-order valence-corrected chi connectivity index (χ3v) is 4.16. The number of hydrogen-bond donors (Lipinski definition) is 1. The van der Waals surface area contributed by atoms with Gasteiger partial charge >= 0.3 is 0 Å². The zero-order valence-electron chi connectivity index (χ0n) is 11.9. The Labute approximate surface area is 128 Å². The van der Waals surface area contributed by atoms with Crippen LogP contribution < -0.4 is 0 Å². The van der Waals surface area contributed by atoms with Crippen molar-refractivity contribution in [2.45, 2.75) is 19.4 Å². The fourth-order valence-corrected chi connectivity index (χ4v) is 2.83. The summed E-state index contributed by atoms with van der Waals surface area (Å²) in [5.74, 6) is 0. The van der Waals surface area contributed by atoms with Gasteiger partial charge in [-0.05, 0) is 18.4 Å². The molecule has 1 unspecified atom stereocenters. The molecule has 0 bridgehead atoms. The van der Waals surface area contributed by atoms with Crippen molar-refractivity contribution in [3.05, 3.63) is 58.6 Å². The number of aliphatic hydroxyl groups excluding tert-OH is 1. The van der Waals surface area contributed by atoms with Crippen LogP contribution in [0.15, 0.2) is 36.5 Å². The molecule has 0 aliphatic rings. The summed E-state index contributed by atoms with van der Waals surface area (Å²) in [4.78, 5) is 4.35. The van der Waals surface area contributed by atoms with Crippen molar-refractivity contribution in [2.75, 3.05) is 0 Å². The molecule has 0 spiro atoms. The highest BCUT2D eigenvalue weighted by atomic mass is 35.5. The van der Waals surface area contributed by atoms with E-state index in [4.69, 9.17) is 11.6 Å². The van der Waals surface area contributed by atoms with E-state index in [9.17, 15) is 5.11 Å². The fraction of sp³-hybridized carbons (Fsp3) is 0.250. The van der Waals surface area contributed by atoms with Gasteiger partial charge in [0.05, 0.1) is 22.1 Å². The van der Waals surface area contributed by atoms with Gasteiger partial charge in [0.2, 0.25) is 0 Å². The number of benzene rings is 1. The number of aliphatic hydroxyl groups is 1. The molecule has 0 aliphatic heterocycles. The lowest BCUT2D eigenvalue weighted by molar-refractivity contribution is 0.173. The van der Waals surface area contributed by atoms with Crippen LogP contribution >= 0.6 is 11.6 Å². The Morgan fingerprint density at radius 3 is 2.76 bits per heavy atom. The maximum Gasteiger partial charge on any atom is 0.102 e. The molecule has 0 amide bonds. The molecule has 0 fully saturated rings. The van der Waals surface area contributed by atoms with Crippen LogP contribution in [-0.2, 0) is 13.5 Å². The Morgan fingerprint density at radius 2 is 2.05 bits per heavy atom. The molecule has 2 heterocycles. The molecule has 0 aliphatic carbocycles. The second kappa shape index (κ2) is 5.47. The highest BCUT2D eigenvalue weighted by Gasteiger charge is 2.19. The third-order valence-electron chi connectivity index (χ3n) is 3.67. The van der Waals surface area contributed by atoms with E-state index >= 15 is 0 Å². The summed E-state index contributed by atoms with van der Waals surface area (Å²) in [6, 6.07) is 9.83. The minimum absolute atomic E-state index is 0.386. The number of aromatic nitrogens is 3. The van der Waals surface area contributed by atoms with Gasteiger partial charge in [-0.1, -0.05) is 35.9 Å². The van der Waals surface area contributed by atoms with Gasteiger partial charge in [-0.3, -0.25) is 9.67 Å². The van der Waals surface area contributed by atoms with Crippen molar-refractivity contribution < 1.29 is 5.11 Å². The predicted molar refractivity (Wildman–Crippen MR) is 83.4 cm³/mol. The lowest BCUT2D eigenvalue weighted by Crippen LogP contribution is -2.08. The molecule has 0 saturated heterocycles. The molecule has 2 aromatic heterocycles. The third kappa shape index (κ3) is 2.52. The quantitative estimate of drug-likeness (QED) is 0.808. The molecule has 0 saturated carbocycles. The summed E-state index contributed by atoms with van der Waals surface area (Å²) in [6.07, 6.45) is 1.39. The Hall–Kier alpha value is -1.91. The Kier molecular flexibility index (Phi) is 3.66. The zero-order chi connectivity index (χ0) is 15.0. The van der Waals surface area contributed by atoms with E-state index in [1.807, 2.05) is 44.3 Å². The van der Waals surface area contributed by atoms with Crippen LogP contribution in [0.3, 0.4) is 0 Å². The summed E-state index contributed by atoms with van der Waals surface area (Å²) >= 11 is 6.25. The molecule has 5 heteroatoms. The average Bonchev–Trinajstić information content (AvgIpc) is 2.73. The van der Waals surface area contributed by atoms with Gasteiger partial charge in [0.1, 0.15) is 6.10 Å². The number of rotatable bonds is 3. The molecular weight excluding hydrogens is 286 g/mol. The molecule has 1 N–H and O–H groups in total. The van der Waals surface area contributed by atoms with Crippen molar-refractivity contribution in [3.8, 4) is 0 Å². The van der Waals surface area contributed by atoms with Crippen molar-refractivity contribution in [3.63, 3.8) is 0 Å². The molecule has 3 rings (SSSR count). The first kappa shape index (κ1) is 14.0. The summed E-state index contributed by atoms with van der Waals surface area (Å²) in [6.45, 7) is 1.86. The lowest BCUT2D eigenvalue weighted by atomic mass is 10.0. The molecular formula is C16H16ClN3O. The standard InChI is InChI=1S/C16H16ClN3O/c1-10-15(17)13(20(2)19-10)9-14(21)16-12-6-4-3-5-11(12)7-8-18-16/h3-8,14,21H,9H2,1-2H3. The van der Waals surface area contributed by atoms with E-state index in [2.05, 4.69) is 10.1 Å². The smallest absolute Gasteiger partial charge is 0.102 e. The van der Waals surface area contributed by atoms with E-state index in [0.717, 1.165) is 22.2 Å². The van der Waals surface area contributed by atoms with Crippen molar-refractivity contribution >= 4 is 22.4 Å². The first-order valence-corrected chi connectivity index (χ1v) is 7.15. The number of nitrogens with zero attached hydrogens (tertiary/aromatic N) is 3. The second-order valence-electron chi connectivity index (χ2n) is 5.11. The van der Waals surface area contributed by atoms with Crippen LogP contribution in [0.25, 0.3) is 10.8 Å². The van der Waals surface area contributed by atoms with Gasteiger partial charge in [-0.15, -0.1) is 0 Å². The number of aryl methyl sites for hydroxylation is 2. The van der Waals surface area contributed by atoms with Crippen molar-refractivity contribution in [1.29, 1.82) is 0 Å². The minimum Gasteiger partial charge on any atom is -0.386 e. The SMILES string of the molecule is Cc1nn(C)c(CC(O)c2nccc3ccccc23)c1Cl. The highest BCUT2D eigenvalue weighted by molar-refractivity contribution is 6.31. The van der Waals surface area contributed by atoms with Crippen LogP contribution in [0, 0.1) is 6.92 Å². The number of halogens is 1. The van der Waals surface area contributed by atoms with Crippen LogP contribution in [0.5, 0.6) is 0 Å². The molecule has 3 aromatic rings. The normalized spacial score (nSPS) is 12.8. The molecule has 1 aromatic carbocycles. The molecule has 1 atom stereocenters. The van der Waals surface area contributed by atoms with Gasteiger partial charge in [0, 0.05) is 25.1 Å². The largest absolute Gasteiger partial charge is 0.386 e. The van der Waals surface area contributed by atoms with Crippen molar-refractivity contribution in [1.82, 2.24) is 14.8 Å². The number of fused-ring (bicyclic) bond motifs is 1. The molecule has 0 radical (unpaired) electrons. The van der Waals surface area contributed by atoms with E-state index in [1.54, 1.807) is 10.9 Å². The molecule has 21 heavy (non-hydrogen) atoms. The Bertz CT molecular complexity index is 792. The summed E-state index contributed by atoms with van der Waals surface area (Å²) < 4.78 is 1.71. The van der Waals surface area contributed by atoms with Gasteiger partial charge in [0.25, 0.3) is 0 Å². The highest BCUT2D eigenvalue weighted by Crippen LogP contribution is 2.28. The minimum atomic E-state index is -0.719. The summed E-state index contributed by atoms with van der Waals surface area (Å²) in [5, 5.41) is 17.5. The monoisotopic (exact) mass is 301 g/mol. The predicted octanol–water partition coefficient (Wildman–Crippen LogP) is 3.21. The average molecular weight is 302 g/mol. The second-order valence-corrected chi connectivity index (χ2v) is 5.48. The van der Waals surface area contributed by atoms with Crippen LogP contribution in [-0.4, -0.2) is 19.9 Å². The van der Waals surface area contributed by atoms with E-state index in [1.165, 1.54) is 0 Å². The van der Waals surface area contributed by atoms with E-state index in [0.29, 0.717) is 17.1 Å². The van der Waals surface area contributed by atoms with Gasteiger partial charge in [-0.25, -0.2) is 0 Å². The maximum absolute atomic E-state index is 10.6. The molecule has 4 nitrogen and oxygen atoms in total. The number of pyridine rings is 1. The van der Waals surface area contributed by atoms with Crippen LogP contribution in [0.2, 0.25) is 5.02 Å². The van der Waals surface area contributed by atoms with Gasteiger partial charge < -0.3 is 5.11 Å². The van der Waals surface area contributed by atoms with E-state index in [-0.39, 0.29) is 0 Å². The number of hydrogen-bond acceptors (Lipinski definition) is 3. The lowest BCUT2D eigenvalue weighted by Gasteiger charge is -2.13. The maximum atomic E-state index is 10.6. The van der Waals surface area contributed by atoms with Crippen LogP contribution in [0.1, 0.15) is 23.2 Å². The zero-order valence-corrected chi connectivity index (χ0v) is 12.7. The first-order valence-electron chi connectivity index (χ1n) is 6.77. The topological polar surface area (TPSA) is 50.9 Å². The summed E-state index contributed by atoms with van der Waals surface area (Å²) in [5.41, 5.74) is 2.26. The van der Waals surface area contributed by atoms with Crippen LogP contribution in [0.4, 0.5) is 0 Å². The van der Waals surface area contributed by atoms with Crippen molar-refractivity contribution in [2.24, 2.45) is 7.05 Å².